The van der Waals surface area contributed by atoms with Crippen LogP contribution in [0.15, 0.2) is 53.9 Å². The summed E-state index contributed by atoms with van der Waals surface area (Å²) in [4.78, 5) is 0.934. The molecule has 4 rings (SSSR count). The van der Waals surface area contributed by atoms with E-state index in [0.29, 0.717) is 22.8 Å². The monoisotopic (exact) mass is 364 g/mol. The normalized spacial score (nSPS) is 16.0. The molecule has 130 valence electrons. The standard InChI is InChI=1S/C20H16N2O3S/c1-23-14-8-5-7-12(17(14)24-2)16-13(10-21)20(22)25-18-11-6-3-4-9-15(11)26-19(16)18/h3-9,16H,22H2,1-2H3. The van der Waals surface area contributed by atoms with Crippen LogP contribution in [0.1, 0.15) is 16.4 Å². The fourth-order valence-electron chi connectivity index (χ4n) is 3.33. The van der Waals surface area contributed by atoms with Gasteiger partial charge >= 0.3 is 0 Å². The van der Waals surface area contributed by atoms with Crippen molar-refractivity contribution in [1.82, 2.24) is 0 Å². The Balaban J connectivity index is 2.03. The predicted octanol–water partition coefficient (Wildman–Crippen LogP) is 4.14. The molecular weight excluding hydrogens is 348 g/mol. The molecule has 2 heterocycles. The number of rotatable bonds is 3. The molecule has 1 atom stereocenters. The zero-order chi connectivity index (χ0) is 18.3. The second kappa shape index (κ2) is 6.28. The van der Waals surface area contributed by atoms with Crippen LogP contribution in [0.5, 0.6) is 17.2 Å². The van der Waals surface area contributed by atoms with Crippen molar-refractivity contribution in [3.05, 3.63) is 64.4 Å². The number of allylic oxidation sites excluding steroid dienone is 1. The molecule has 5 nitrogen and oxygen atoms in total. The molecule has 1 unspecified atom stereocenters. The fourth-order valence-corrected chi connectivity index (χ4v) is 4.59. The van der Waals surface area contributed by atoms with Gasteiger partial charge in [-0.25, -0.2) is 0 Å². The Morgan fingerprint density at radius 2 is 1.92 bits per heavy atom. The van der Waals surface area contributed by atoms with Gasteiger partial charge in [-0.1, -0.05) is 24.3 Å². The minimum absolute atomic E-state index is 0.124. The molecule has 6 heteroatoms. The Kier molecular flexibility index (Phi) is 3.94. The van der Waals surface area contributed by atoms with Crippen LogP contribution >= 0.6 is 11.3 Å². The van der Waals surface area contributed by atoms with Crippen molar-refractivity contribution >= 4 is 21.4 Å². The molecule has 0 fully saturated rings. The first kappa shape index (κ1) is 16.3. The second-order valence-corrected chi connectivity index (χ2v) is 6.88. The Hall–Kier alpha value is -3.17. The van der Waals surface area contributed by atoms with Gasteiger partial charge in [-0.05, 0) is 18.2 Å². The van der Waals surface area contributed by atoms with E-state index in [9.17, 15) is 5.26 Å². The molecule has 0 saturated carbocycles. The van der Waals surface area contributed by atoms with Crippen LogP contribution in [-0.2, 0) is 0 Å². The van der Waals surface area contributed by atoms with E-state index in [1.807, 2.05) is 42.5 Å². The van der Waals surface area contributed by atoms with Crippen LogP contribution in [0.3, 0.4) is 0 Å². The van der Waals surface area contributed by atoms with Gasteiger partial charge in [0.05, 0.1) is 25.0 Å². The SMILES string of the molecule is COc1cccc(C2C(C#N)=C(N)Oc3c2sc2ccccc32)c1OC. The highest BCUT2D eigenvalue weighted by Gasteiger charge is 2.36. The van der Waals surface area contributed by atoms with E-state index in [2.05, 4.69) is 6.07 Å². The molecule has 0 bridgehead atoms. The molecule has 1 aliphatic rings. The predicted molar refractivity (Wildman–Crippen MR) is 101 cm³/mol. The minimum Gasteiger partial charge on any atom is -0.493 e. The van der Waals surface area contributed by atoms with Crippen molar-refractivity contribution in [2.24, 2.45) is 5.73 Å². The van der Waals surface area contributed by atoms with E-state index in [4.69, 9.17) is 19.9 Å². The number of ether oxygens (including phenoxy) is 3. The average molecular weight is 364 g/mol. The van der Waals surface area contributed by atoms with Crippen molar-refractivity contribution in [2.75, 3.05) is 14.2 Å². The lowest BCUT2D eigenvalue weighted by Crippen LogP contribution is -2.20. The van der Waals surface area contributed by atoms with Gasteiger partial charge in [-0.2, -0.15) is 5.26 Å². The van der Waals surface area contributed by atoms with Crippen molar-refractivity contribution < 1.29 is 14.2 Å². The quantitative estimate of drug-likeness (QED) is 0.756. The van der Waals surface area contributed by atoms with E-state index in [1.54, 1.807) is 25.6 Å². The number of thiophene rings is 1. The zero-order valence-electron chi connectivity index (χ0n) is 14.3. The molecule has 1 aliphatic heterocycles. The van der Waals surface area contributed by atoms with Crippen molar-refractivity contribution in [2.45, 2.75) is 5.92 Å². The molecule has 0 spiro atoms. The summed E-state index contributed by atoms with van der Waals surface area (Å²) < 4.78 is 18.0. The van der Waals surface area contributed by atoms with E-state index >= 15 is 0 Å². The number of hydrogen-bond acceptors (Lipinski definition) is 6. The van der Waals surface area contributed by atoms with Gasteiger partial charge < -0.3 is 19.9 Å². The number of fused-ring (bicyclic) bond motifs is 3. The summed E-state index contributed by atoms with van der Waals surface area (Å²) in [5.74, 6) is 1.66. The van der Waals surface area contributed by atoms with Crippen LogP contribution in [-0.4, -0.2) is 14.2 Å². The van der Waals surface area contributed by atoms with Crippen LogP contribution in [0, 0.1) is 11.3 Å². The van der Waals surface area contributed by atoms with Gasteiger partial charge in [0.15, 0.2) is 17.2 Å². The summed E-state index contributed by atoms with van der Waals surface area (Å²) in [5.41, 5.74) is 7.30. The fraction of sp³-hybridized carbons (Fsp3) is 0.150. The highest BCUT2D eigenvalue weighted by molar-refractivity contribution is 7.19. The summed E-state index contributed by atoms with van der Waals surface area (Å²) in [6.45, 7) is 0. The number of nitriles is 1. The largest absolute Gasteiger partial charge is 0.493 e. The molecule has 0 radical (unpaired) electrons. The summed E-state index contributed by atoms with van der Waals surface area (Å²) in [6, 6.07) is 15.8. The van der Waals surface area contributed by atoms with Crippen LogP contribution in [0.4, 0.5) is 0 Å². The van der Waals surface area contributed by atoms with Gasteiger partial charge in [-0.3, -0.25) is 0 Å². The summed E-state index contributed by atoms with van der Waals surface area (Å²) in [5, 5.41) is 10.7. The molecule has 2 aromatic carbocycles. The van der Waals surface area contributed by atoms with E-state index < -0.39 is 0 Å². The Morgan fingerprint density at radius 3 is 2.65 bits per heavy atom. The third-order valence-electron chi connectivity index (χ3n) is 4.47. The summed E-state index contributed by atoms with van der Waals surface area (Å²) >= 11 is 1.59. The van der Waals surface area contributed by atoms with Crippen molar-refractivity contribution in [3.63, 3.8) is 0 Å². The molecule has 3 aromatic rings. The van der Waals surface area contributed by atoms with Crippen LogP contribution in [0.2, 0.25) is 0 Å². The highest BCUT2D eigenvalue weighted by atomic mass is 32.1. The third-order valence-corrected chi connectivity index (χ3v) is 5.69. The molecule has 1 aromatic heterocycles. The van der Waals surface area contributed by atoms with Crippen molar-refractivity contribution in [1.29, 1.82) is 5.26 Å². The average Bonchev–Trinajstić information content (AvgIpc) is 3.04. The van der Waals surface area contributed by atoms with E-state index in [-0.39, 0.29) is 11.8 Å². The first-order chi connectivity index (χ1) is 12.7. The van der Waals surface area contributed by atoms with E-state index in [0.717, 1.165) is 20.5 Å². The van der Waals surface area contributed by atoms with Gasteiger partial charge in [0.25, 0.3) is 0 Å². The zero-order valence-corrected chi connectivity index (χ0v) is 15.1. The lowest BCUT2D eigenvalue weighted by atomic mass is 9.87. The lowest BCUT2D eigenvalue weighted by molar-refractivity contribution is 0.349. The number of para-hydroxylation sites is 1. The number of nitrogens with two attached hydrogens (primary N) is 1. The second-order valence-electron chi connectivity index (χ2n) is 5.80. The third kappa shape index (κ3) is 2.29. The molecule has 0 amide bonds. The van der Waals surface area contributed by atoms with Crippen molar-refractivity contribution in [3.8, 4) is 23.3 Å². The maximum atomic E-state index is 9.75. The Labute approximate surface area is 154 Å². The Morgan fingerprint density at radius 1 is 1.12 bits per heavy atom. The van der Waals surface area contributed by atoms with E-state index in [1.165, 1.54) is 0 Å². The molecule has 0 aliphatic carbocycles. The molecule has 0 saturated heterocycles. The smallest absolute Gasteiger partial charge is 0.205 e. The molecular formula is C20H16N2O3S. The minimum atomic E-state index is -0.369. The summed E-state index contributed by atoms with van der Waals surface area (Å²) in [6.07, 6.45) is 0. The number of nitrogens with zero attached hydrogens (tertiary/aromatic N) is 1. The molecule has 26 heavy (non-hydrogen) atoms. The number of hydrogen-bond donors (Lipinski definition) is 1. The number of benzene rings is 2. The van der Waals surface area contributed by atoms with Gasteiger partial charge in [0, 0.05) is 15.6 Å². The van der Waals surface area contributed by atoms with Crippen LogP contribution in [0.25, 0.3) is 10.1 Å². The first-order valence-corrected chi connectivity index (χ1v) is 8.81. The maximum Gasteiger partial charge on any atom is 0.205 e. The van der Waals surface area contributed by atoms with Gasteiger partial charge in [0.1, 0.15) is 11.6 Å². The molecule has 2 N–H and O–H groups in total. The van der Waals surface area contributed by atoms with Crippen LogP contribution < -0.4 is 19.9 Å². The maximum absolute atomic E-state index is 9.75. The first-order valence-electron chi connectivity index (χ1n) is 7.99. The van der Waals surface area contributed by atoms with Gasteiger partial charge in [0.2, 0.25) is 5.88 Å². The summed E-state index contributed by atoms with van der Waals surface area (Å²) in [7, 11) is 3.18. The Bertz CT molecular complexity index is 1080. The topological polar surface area (TPSA) is 77.5 Å². The lowest BCUT2D eigenvalue weighted by Gasteiger charge is -2.25. The van der Waals surface area contributed by atoms with Gasteiger partial charge in [-0.15, -0.1) is 11.3 Å². The highest BCUT2D eigenvalue weighted by Crippen LogP contribution is 2.52. The number of methoxy groups -OCH3 is 2.